The second-order valence-corrected chi connectivity index (χ2v) is 8.78. The fraction of sp³-hybridized carbons (Fsp3) is 0.615. The number of halogens is 1. The third kappa shape index (κ3) is 4.68. The molecule has 0 unspecified atom stereocenters. The number of hydrogen-bond acceptors (Lipinski definition) is 8. The number of carbonyl (C=O) groups is 1. The van der Waals surface area contributed by atoms with E-state index in [4.69, 9.17) is 5.73 Å². The standard InChI is InChI=1S/C13H20FN4O7PS/c1-6(12(20)25-2)18(26(22,23)24)5-7-10(19)9(14)11(27-7)17-4-3-8(15)16-13(17)21/h3-4,6-7,9-11,19H,5H2,1-2H3,(H2,15,16,21)(H2,22,23,24)/t6-,7+,9-,10+,11+/m0/s1. The van der Waals surface area contributed by atoms with E-state index >= 15 is 0 Å². The molecule has 1 fully saturated rings. The van der Waals surface area contributed by atoms with Gasteiger partial charge in [0.15, 0.2) is 6.17 Å². The van der Waals surface area contributed by atoms with Crippen molar-refractivity contribution >= 4 is 31.3 Å². The lowest BCUT2D eigenvalue weighted by Gasteiger charge is -2.30. The fourth-order valence-corrected chi connectivity index (χ4v) is 5.23. The number of nitrogen functional groups attached to an aromatic ring is 1. The lowest BCUT2D eigenvalue weighted by atomic mass is 10.1. The van der Waals surface area contributed by atoms with Gasteiger partial charge in [-0.15, -0.1) is 11.8 Å². The van der Waals surface area contributed by atoms with Gasteiger partial charge in [0.2, 0.25) is 0 Å². The third-order valence-electron chi connectivity index (χ3n) is 4.11. The number of aliphatic hydroxyl groups excluding tert-OH is 1. The Balaban J connectivity index is 2.26. The predicted molar refractivity (Wildman–Crippen MR) is 94.5 cm³/mol. The minimum Gasteiger partial charge on any atom is -0.468 e. The Morgan fingerprint density at radius 1 is 1.59 bits per heavy atom. The van der Waals surface area contributed by atoms with E-state index in [1.54, 1.807) is 0 Å². The fourth-order valence-electron chi connectivity index (χ4n) is 2.66. The van der Waals surface area contributed by atoms with Gasteiger partial charge >= 0.3 is 19.4 Å². The Labute approximate surface area is 157 Å². The molecule has 14 heteroatoms. The molecule has 1 aliphatic heterocycles. The molecule has 1 saturated heterocycles. The first-order valence-corrected chi connectivity index (χ1v) is 10.2. The van der Waals surface area contributed by atoms with Gasteiger partial charge in [-0.25, -0.2) is 13.8 Å². The molecule has 1 aromatic rings. The summed E-state index contributed by atoms with van der Waals surface area (Å²) in [5, 5.41) is 7.97. The number of ether oxygens (including phenoxy) is 1. The summed E-state index contributed by atoms with van der Waals surface area (Å²) in [4.78, 5) is 46.1. The number of aliphatic hydroxyl groups is 1. The molecule has 11 nitrogen and oxygen atoms in total. The summed E-state index contributed by atoms with van der Waals surface area (Å²) in [7, 11) is -3.86. The zero-order chi connectivity index (χ0) is 20.5. The molecule has 27 heavy (non-hydrogen) atoms. The van der Waals surface area contributed by atoms with Crippen LogP contribution < -0.4 is 11.4 Å². The molecule has 2 rings (SSSR count). The number of methoxy groups -OCH3 is 1. The molecule has 0 spiro atoms. The Bertz CT molecular complexity index is 805. The van der Waals surface area contributed by atoms with Crippen LogP contribution in [-0.4, -0.2) is 72.3 Å². The second-order valence-electron chi connectivity index (χ2n) is 5.88. The van der Waals surface area contributed by atoms with Gasteiger partial charge in [-0.2, -0.15) is 9.65 Å². The number of esters is 1. The van der Waals surface area contributed by atoms with Crippen LogP contribution in [0.1, 0.15) is 12.3 Å². The molecule has 1 aliphatic rings. The van der Waals surface area contributed by atoms with Crippen molar-refractivity contribution in [2.75, 3.05) is 19.4 Å². The van der Waals surface area contributed by atoms with Crippen molar-refractivity contribution in [1.29, 1.82) is 0 Å². The third-order valence-corrected chi connectivity index (χ3v) is 6.83. The molecule has 0 saturated carbocycles. The number of alkyl halides is 1. The number of nitrogens with zero attached hydrogens (tertiary/aromatic N) is 3. The van der Waals surface area contributed by atoms with Crippen LogP contribution in [0.4, 0.5) is 10.2 Å². The van der Waals surface area contributed by atoms with Crippen molar-refractivity contribution < 1.29 is 33.4 Å². The number of thioether (sulfide) groups is 1. The number of carbonyl (C=O) groups excluding carboxylic acids is 1. The molecule has 152 valence electrons. The van der Waals surface area contributed by atoms with E-state index < -0.39 is 54.9 Å². The average molecular weight is 426 g/mol. The van der Waals surface area contributed by atoms with Gasteiger partial charge in [-0.1, -0.05) is 0 Å². The molecule has 5 N–H and O–H groups in total. The monoisotopic (exact) mass is 426 g/mol. The highest BCUT2D eigenvalue weighted by atomic mass is 32.2. The summed E-state index contributed by atoms with van der Waals surface area (Å²) in [6.07, 6.45) is -2.32. The molecule has 0 bridgehead atoms. The highest BCUT2D eigenvalue weighted by Crippen LogP contribution is 2.48. The van der Waals surface area contributed by atoms with Crippen molar-refractivity contribution in [2.24, 2.45) is 0 Å². The zero-order valence-electron chi connectivity index (χ0n) is 14.4. The van der Waals surface area contributed by atoms with E-state index in [0.717, 1.165) is 23.4 Å². The van der Waals surface area contributed by atoms with E-state index in [-0.39, 0.29) is 5.82 Å². The summed E-state index contributed by atoms with van der Waals surface area (Å²) in [6, 6.07) is -0.0444. The van der Waals surface area contributed by atoms with Gasteiger partial charge in [-0.05, 0) is 13.0 Å². The van der Waals surface area contributed by atoms with Gasteiger partial charge in [0, 0.05) is 18.0 Å². The Morgan fingerprint density at radius 3 is 2.74 bits per heavy atom. The maximum atomic E-state index is 14.6. The van der Waals surface area contributed by atoms with Crippen molar-refractivity contribution in [3.63, 3.8) is 0 Å². The number of hydrogen-bond donors (Lipinski definition) is 4. The quantitative estimate of drug-likeness (QED) is 0.328. The maximum absolute atomic E-state index is 14.6. The van der Waals surface area contributed by atoms with Crippen LogP contribution in [0.15, 0.2) is 17.1 Å². The summed E-state index contributed by atoms with van der Waals surface area (Å²) in [5.74, 6) is -0.950. The van der Waals surface area contributed by atoms with Gasteiger partial charge < -0.3 is 25.4 Å². The summed E-state index contributed by atoms with van der Waals surface area (Å²) in [5.41, 5.74) is 4.57. The average Bonchev–Trinajstić information content (AvgIpc) is 2.85. The topological polar surface area (TPSA) is 168 Å². The highest BCUT2D eigenvalue weighted by Gasteiger charge is 2.48. The highest BCUT2D eigenvalue weighted by molar-refractivity contribution is 8.00. The van der Waals surface area contributed by atoms with Gasteiger partial charge in [0.25, 0.3) is 0 Å². The lowest BCUT2D eigenvalue weighted by Crippen LogP contribution is -2.43. The first-order valence-electron chi connectivity index (χ1n) is 7.70. The van der Waals surface area contributed by atoms with Gasteiger partial charge in [0.05, 0.1) is 7.11 Å². The van der Waals surface area contributed by atoms with Gasteiger partial charge in [0.1, 0.15) is 23.3 Å². The van der Waals surface area contributed by atoms with Crippen LogP contribution in [-0.2, 0) is 14.1 Å². The van der Waals surface area contributed by atoms with E-state index in [0.29, 0.717) is 4.67 Å². The van der Waals surface area contributed by atoms with Crippen LogP contribution in [0.2, 0.25) is 0 Å². The molecule has 0 aliphatic carbocycles. The van der Waals surface area contributed by atoms with E-state index in [1.807, 2.05) is 0 Å². The first kappa shape index (κ1) is 21.8. The van der Waals surface area contributed by atoms with E-state index in [9.17, 15) is 33.4 Å². The second kappa shape index (κ2) is 8.25. The van der Waals surface area contributed by atoms with Crippen molar-refractivity contribution in [1.82, 2.24) is 14.2 Å². The van der Waals surface area contributed by atoms with Crippen LogP contribution in [0.3, 0.4) is 0 Å². The van der Waals surface area contributed by atoms with Crippen LogP contribution in [0, 0.1) is 0 Å². The lowest BCUT2D eigenvalue weighted by molar-refractivity contribution is -0.145. The molecular formula is C13H20FN4O7PS. The zero-order valence-corrected chi connectivity index (χ0v) is 16.1. The molecule has 1 aromatic heterocycles. The Morgan fingerprint density at radius 2 is 2.22 bits per heavy atom. The number of aromatic nitrogens is 2. The van der Waals surface area contributed by atoms with Crippen molar-refractivity contribution in [3.8, 4) is 0 Å². The van der Waals surface area contributed by atoms with Crippen molar-refractivity contribution in [2.45, 2.75) is 35.9 Å². The normalized spacial score (nSPS) is 26.9. The van der Waals surface area contributed by atoms with Crippen LogP contribution >= 0.6 is 19.5 Å². The summed E-state index contributed by atoms with van der Waals surface area (Å²) < 4.78 is 32.3. The number of rotatable bonds is 6. The Kier molecular flexibility index (Phi) is 6.66. The smallest absolute Gasteiger partial charge is 0.403 e. The van der Waals surface area contributed by atoms with Crippen LogP contribution in [0.25, 0.3) is 0 Å². The summed E-state index contributed by atoms with van der Waals surface area (Å²) >= 11 is 0.801. The molecule has 0 aromatic carbocycles. The largest absolute Gasteiger partial charge is 0.468 e. The molecule has 0 radical (unpaired) electrons. The maximum Gasteiger partial charge on any atom is 0.403 e. The first-order chi connectivity index (χ1) is 12.5. The van der Waals surface area contributed by atoms with Crippen LogP contribution in [0.5, 0.6) is 0 Å². The number of anilines is 1. The van der Waals surface area contributed by atoms with E-state index in [1.165, 1.54) is 19.2 Å². The number of nitrogens with two attached hydrogens (primary N) is 1. The molecule has 0 amide bonds. The predicted octanol–water partition coefficient (Wildman–Crippen LogP) is -0.905. The summed E-state index contributed by atoms with van der Waals surface area (Å²) in [6.45, 7) is 0.705. The molecule has 2 heterocycles. The molecule has 5 atom stereocenters. The molecular weight excluding hydrogens is 406 g/mol. The van der Waals surface area contributed by atoms with Gasteiger partial charge in [-0.3, -0.25) is 9.36 Å². The van der Waals surface area contributed by atoms with Crippen molar-refractivity contribution in [3.05, 3.63) is 22.7 Å². The SMILES string of the molecule is COC(=O)[C@H](C)N(C[C@H]1S[C@@H](n2ccc(N)nc2=O)[C@@H](F)[C@@H]1O)P(=O)(O)O. The minimum atomic E-state index is -4.92. The minimum absolute atomic E-state index is 0.0497. The van der Waals surface area contributed by atoms with E-state index in [2.05, 4.69) is 9.72 Å². The Hall–Kier alpha value is -1.50.